The monoisotopic (exact) mass is 388 g/mol. The molecule has 2 aromatic rings. The molecular formula is C22H36N4O2. The lowest BCUT2D eigenvalue weighted by Crippen LogP contribution is -2.44. The van der Waals surface area contributed by atoms with Crippen LogP contribution in [0, 0.1) is 25.2 Å². The van der Waals surface area contributed by atoms with Crippen molar-refractivity contribution < 1.29 is 4.79 Å². The topological polar surface area (TPSA) is 79.8 Å². The van der Waals surface area contributed by atoms with E-state index in [1.165, 1.54) is 0 Å². The van der Waals surface area contributed by atoms with Crippen molar-refractivity contribution in [1.82, 2.24) is 20.1 Å². The van der Waals surface area contributed by atoms with Crippen molar-refractivity contribution in [3.05, 3.63) is 27.2 Å². The summed E-state index contributed by atoms with van der Waals surface area (Å²) in [5.74, 6) is 0.614. The first-order valence-electron chi connectivity index (χ1n) is 10.3. The van der Waals surface area contributed by atoms with Crippen LogP contribution in [0.2, 0.25) is 0 Å². The van der Waals surface area contributed by atoms with Gasteiger partial charge in [-0.05, 0) is 50.0 Å². The summed E-state index contributed by atoms with van der Waals surface area (Å²) in [5.41, 5.74) is 3.09. The molecule has 0 aromatic carbocycles. The molecule has 0 saturated carbocycles. The van der Waals surface area contributed by atoms with Crippen LogP contribution in [0.25, 0.3) is 11.0 Å². The number of pyridine rings is 1. The van der Waals surface area contributed by atoms with Crippen LogP contribution in [-0.2, 0) is 18.3 Å². The first kappa shape index (κ1) is 22.2. The summed E-state index contributed by atoms with van der Waals surface area (Å²) >= 11 is 0. The Morgan fingerprint density at radius 3 is 2.43 bits per heavy atom. The highest BCUT2D eigenvalue weighted by Gasteiger charge is 2.26. The van der Waals surface area contributed by atoms with Crippen LogP contribution < -0.4 is 10.9 Å². The van der Waals surface area contributed by atoms with Crippen molar-refractivity contribution in [2.45, 2.75) is 80.2 Å². The van der Waals surface area contributed by atoms with E-state index in [2.05, 4.69) is 50.0 Å². The number of nitrogens with zero attached hydrogens (tertiary/aromatic N) is 2. The van der Waals surface area contributed by atoms with Crippen LogP contribution >= 0.6 is 0 Å². The normalized spacial score (nSPS) is 13.3. The zero-order valence-electron chi connectivity index (χ0n) is 18.7. The van der Waals surface area contributed by atoms with Crippen molar-refractivity contribution in [2.75, 3.05) is 0 Å². The average molecular weight is 389 g/mol. The second-order valence-electron chi connectivity index (χ2n) is 9.45. The molecule has 0 fully saturated rings. The molecule has 2 rings (SSSR count). The molecule has 0 radical (unpaired) electrons. The van der Waals surface area contributed by atoms with Gasteiger partial charge in [0.1, 0.15) is 5.65 Å². The van der Waals surface area contributed by atoms with E-state index in [0.29, 0.717) is 24.3 Å². The number of amides is 1. The van der Waals surface area contributed by atoms with Gasteiger partial charge in [-0.3, -0.25) is 14.3 Å². The molecule has 0 bridgehead atoms. The van der Waals surface area contributed by atoms with E-state index < -0.39 is 0 Å². The number of aryl methyl sites for hydroxylation is 3. The van der Waals surface area contributed by atoms with Crippen molar-refractivity contribution in [3.63, 3.8) is 0 Å². The van der Waals surface area contributed by atoms with Crippen LogP contribution in [-0.4, -0.2) is 26.7 Å². The Labute approximate surface area is 168 Å². The summed E-state index contributed by atoms with van der Waals surface area (Å²) in [4.78, 5) is 28.1. The van der Waals surface area contributed by atoms with Crippen LogP contribution in [0.4, 0.5) is 0 Å². The number of aromatic amines is 1. The van der Waals surface area contributed by atoms with E-state index in [-0.39, 0.29) is 22.9 Å². The second kappa shape index (κ2) is 8.50. The van der Waals surface area contributed by atoms with Crippen LogP contribution in [0.1, 0.15) is 70.7 Å². The van der Waals surface area contributed by atoms with Gasteiger partial charge >= 0.3 is 0 Å². The fourth-order valence-corrected chi connectivity index (χ4v) is 3.78. The number of hydrogen-bond donors (Lipinski definition) is 2. The molecule has 6 heteroatoms. The van der Waals surface area contributed by atoms with E-state index in [9.17, 15) is 9.59 Å². The number of aromatic nitrogens is 3. The van der Waals surface area contributed by atoms with Gasteiger partial charge in [-0.2, -0.15) is 5.10 Å². The van der Waals surface area contributed by atoms with Crippen LogP contribution in [0.15, 0.2) is 4.79 Å². The predicted octanol–water partition coefficient (Wildman–Crippen LogP) is 3.78. The van der Waals surface area contributed by atoms with Gasteiger partial charge in [-0.25, -0.2) is 0 Å². The van der Waals surface area contributed by atoms with Crippen molar-refractivity contribution in [2.24, 2.45) is 18.4 Å². The molecule has 0 aliphatic heterocycles. The van der Waals surface area contributed by atoms with Crippen LogP contribution in [0.5, 0.6) is 0 Å². The summed E-state index contributed by atoms with van der Waals surface area (Å²) in [6, 6.07) is 0.129. The Bertz CT molecular complexity index is 900. The quantitative estimate of drug-likeness (QED) is 0.757. The fourth-order valence-electron chi connectivity index (χ4n) is 3.78. The zero-order chi connectivity index (χ0) is 21.2. The maximum atomic E-state index is 12.6. The molecule has 1 amide bonds. The van der Waals surface area contributed by atoms with Gasteiger partial charge in [0.15, 0.2) is 0 Å². The minimum absolute atomic E-state index is 0.00364. The lowest BCUT2D eigenvalue weighted by molar-refractivity contribution is -0.122. The van der Waals surface area contributed by atoms with Crippen molar-refractivity contribution in [1.29, 1.82) is 0 Å². The van der Waals surface area contributed by atoms with E-state index >= 15 is 0 Å². The Morgan fingerprint density at radius 1 is 1.21 bits per heavy atom. The highest BCUT2D eigenvalue weighted by atomic mass is 16.1. The maximum Gasteiger partial charge on any atom is 0.253 e. The number of carbonyl (C=O) groups excluding carboxylic acids is 1. The summed E-state index contributed by atoms with van der Waals surface area (Å²) in [5, 5.41) is 8.58. The first-order chi connectivity index (χ1) is 12.9. The number of nitrogens with one attached hydrogen (secondary N) is 2. The number of rotatable bonds is 7. The van der Waals surface area contributed by atoms with Gasteiger partial charge in [0.25, 0.3) is 5.56 Å². The van der Waals surface area contributed by atoms with Gasteiger partial charge in [-0.1, -0.05) is 34.6 Å². The highest BCUT2D eigenvalue weighted by molar-refractivity contribution is 5.83. The molecule has 156 valence electrons. The van der Waals surface area contributed by atoms with Gasteiger partial charge in [0.2, 0.25) is 5.91 Å². The lowest BCUT2D eigenvalue weighted by atomic mass is 9.82. The Kier molecular flexibility index (Phi) is 6.73. The molecule has 2 aromatic heterocycles. The number of carbonyl (C=O) groups is 1. The molecular weight excluding hydrogens is 352 g/mol. The third-order valence-electron chi connectivity index (χ3n) is 5.57. The number of hydrogen-bond acceptors (Lipinski definition) is 3. The van der Waals surface area contributed by atoms with E-state index in [1.54, 1.807) is 4.68 Å². The van der Waals surface area contributed by atoms with Gasteiger partial charge in [0.05, 0.1) is 5.69 Å². The minimum Gasteiger partial charge on any atom is -0.353 e. The molecule has 2 heterocycles. The SMILES string of the molecule is Cc1nn(C)c2[nH]c(=O)c(CCC(=O)NC(CCC(C)C)C(C)(C)C)c(C)c12. The summed E-state index contributed by atoms with van der Waals surface area (Å²) < 4.78 is 1.69. The van der Waals surface area contributed by atoms with Gasteiger partial charge in [0, 0.05) is 30.5 Å². The third kappa shape index (κ3) is 5.03. The minimum atomic E-state index is -0.132. The molecule has 0 aliphatic rings. The summed E-state index contributed by atoms with van der Waals surface area (Å²) in [6.45, 7) is 14.8. The second-order valence-corrected chi connectivity index (χ2v) is 9.45. The summed E-state index contributed by atoms with van der Waals surface area (Å²) in [6.07, 6.45) is 2.78. The summed E-state index contributed by atoms with van der Waals surface area (Å²) in [7, 11) is 1.82. The Morgan fingerprint density at radius 2 is 1.86 bits per heavy atom. The standard InChI is InChI=1S/C22H36N4O2/c1-13(2)9-11-17(22(5,6)7)23-18(27)12-10-16-14(3)19-15(4)25-26(8)20(19)24-21(16)28/h13,17H,9-12H2,1-8H3,(H,23,27)(H,24,28). The average Bonchev–Trinajstić information content (AvgIpc) is 2.83. The first-order valence-corrected chi connectivity index (χ1v) is 10.3. The smallest absolute Gasteiger partial charge is 0.253 e. The maximum absolute atomic E-state index is 12.6. The molecule has 28 heavy (non-hydrogen) atoms. The number of H-pyrrole nitrogens is 1. The fraction of sp³-hybridized carbons (Fsp3) is 0.682. The van der Waals surface area contributed by atoms with E-state index in [0.717, 1.165) is 35.1 Å². The molecule has 2 N–H and O–H groups in total. The predicted molar refractivity (Wildman–Crippen MR) is 115 cm³/mol. The molecule has 0 spiro atoms. The van der Waals surface area contributed by atoms with Crippen molar-refractivity contribution in [3.8, 4) is 0 Å². The number of fused-ring (bicyclic) bond motifs is 1. The van der Waals surface area contributed by atoms with Gasteiger partial charge < -0.3 is 10.3 Å². The molecule has 0 aliphatic carbocycles. The van der Waals surface area contributed by atoms with E-state index in [1.807, 2.05) is 20.9 Å². The molecule has 6 nitrogen and oxygen atoms in total. The lowest BCUT2D eigenvalue weighted by Gasteiger charge is -2.32. The third-order valence-corrected chi connectivity index (χ3v) is 5.57. The molecule has 1 unspecified atom stereocenters. The molecule has 0 saturated heterocycles. The zero-order valence-corrected chi connectivity index (χ0v) is 18.7. The van der Waals surface area contributed by atoms with E-state index in [4.69, 9.17) is 0 Å². The Balaban J connectivity index is 2.13. The highest BCUT2D eigenvalue weighted by Crippen LogP contribution is 2.25. The van der Waals surface area contributed by atoms with Crippen LogP contribution in [0.3, 0.4) is 0 Å². The van der Waals surface area contributed by atoms with Gasteiger partial charge in [-0.15, -0.1) is 0 Å². The Hall–Kier alpha value is -2.11. The largest absolute Gasteiger partial charge is 0.353 e. The van der Waals surface area contributed by atoms with Crippen molar-refractivity contribution >= 4 is 16.9 Å². The molecule has 1 atom stereocenters.